The first-order chi connectivity index (χ1) is 11.0. The van der Waals surface area contributed by atoms with Gasteiger partial charge in [0.25, 0.3) is 0 Å². The van der Waals surface area contributed by atoms with E-state index in [1.54, 1.807) is 6.92 Å². The second-order valence-electron chi connectivity index (χ2n) is 6.83. The van der Waals surface area contributed by atoms with Gasteiger partial charge in [0.15, 0.2) is 0 Å². The van der Waals surface area contributed by atoms with E-state index in [0.29, 0.717) is 6.42 Å². The van der Waals surface area contributed by atoms with Crippen molar-refractivity contribution >= 4 is 11.8 Å². The van der Waals surface area contributed by atoms with Crippen LogP contribution in [0, 0.1) is 0 Å². The highest BCUT2D eigenvalue weighted by atomic mass is 16.4. The van der Waals surface area contributed by atoms with Gasteiger partial charge < -0.3 is 16.2 Å². The summed E-state index contributed by atoms with van der Waals surface area (Å²) in [6.07, 6.45) is 9.20. The molecule has 23 heavy (non-hydrogen) atoms. The average molecular weight is 319 g/mol. The van der Waals surface area contributed by atoms with E-state index < -0.39 is 11.5 Å². The molecule has 0 saturated heterocycles. The first-order valence-corrected chi connectivity index (χ1v) is 8.74. The number of fused-ring (bicyclic) bond motifs is 1. The molecule has 0 amide bonds. The van der Waals surface area contributed by atoms with Crippen molar-refractivity contribution < 1.29 is 9.90 Å². The Bertz CT molecular complexity index is 529. The van der Waals surface area contributed by atoms with Gasteiger partial charge >= 0.3 is 5.97 Å². The molecule has 1 aromatic rings. The summed E-state index contributed by atoms with van der Waals surface area (Å²) in [4.78, 5) is 15.6. The summed E-state index contributed by atoms with van der Waals surface area (Å²) in [5.41, 5.74) is 7.14. The summed E-state index contributed by atoms with van der Waals surface area (Å²) in [6, 6.07) is 4.36. The van der Waals surface area contributed by atoms with E-state index in [-0.39, 0.29) is 0 Å². The quantitative estimate of drug-likeness (QED) is 0.609. The minimum Gasteiger partial charge on any atom is -0.480 e. The van der Waals surface area contributed by atoms with Gasteiger partial charge in [-0.3, -0.25) is 4.79 Å². The van der Waals surface area contributed by atoms with Crippen LogP contribution < -0.4 is 11.1 Å². The number of hydrogen-bond acceptors (Lipinski definition) is 4. The lowest BCUT2D eigenvalue weighted by Crippen LogP contribution is -2.44. The smallest absolute Gasteiger partial charge is 0.323 e. The van der Waals surface area contributed by atoms with Gasteiger partial charge in [-0.1, -0.05) is 31.7 Å². The van der Waals surface area contributed by atoms with Crippen LogP contribution in [0.15, 0.2) is 12.1 Å². The molecule has 1 atom stereocenters. The highest BCUT2D eigenvalue weighted by Crippen LogP contribution is 2.20. The molecule has 2 rings (SSSR count). The molecule has 1 aliphatic rings. The monoisotopic (exact) mass is 319 g/mol. The lowest BCUT2D eigenvalue weighted by atomic mass is 9.95. The Morgan fingerprint density at radius 2 is 2.04 bits per heavy atom. The molecule has 0 aliphatic carbocycles. The minimum atomic E-state index is -1.08. The molecule has 0 aromatic carbocycles. The van der Waals surface area contributed by atoms with Crippen LogP contribution in [-0.2, 0) is 17.6 Å². The van der Waals surface area contributed by atoms with E-state index in [1.807, 2.05) is 0 Å². The van der Waals surface area contributed by atoms with Gasteiger partial charge in [0.05, 0.1) is 0 Å². The van der Waals surface area contributed by atoms with Gasteiger partial charge in [0.1, 0.15) is 11.4 Å². The maximum absolute atomic E-state index is 10.9. The molecule has 0 fully saturated rings. The maximum Gasteiger partial charge on any atom is 0.323 e. The summed E-state index contributed by atoms with van der Waals surface area (Å²) in [5, 5.41) is 12.3. The Balaban J connectivity index is 1.60. The molecule has 5 heteroatoms. The van der Waals surface area contributed by atoms with Gasteiger partial charge in [0, 0.05) is 12.2 Å². The second kappa shape index (κ2) is 8.29. The van der Waals surface area contributed by atoms with Gasteiger partial charge in [-0.15, -0.1) is 0 Å². The Kier molecular flexibility index (Phi) is 6.39. The minimum absolute atomic E-state index is 0.542. The zero-order valence-corrected chi connectivity index (χ0v) is 14.1. The molecule has 128 valence electrons. The molecule has 2 heterocycles. The number of unbranched alkanes of at least 4 members (excludes halogenated alkanes) is 4. The number of rotatable bonds is 9. The number of aromatic nitrogens is 1. The number of carboxylic acid groups (broad SMARTS) is 1. The third-order valence-electron chi connectivity index (χ3n) is 4.57. The first-order valence-electron chi connectivity index (χ1n) is 8.74. The van der Waals surface area contributed by atoms with E-state index in [1.165, 1.54) is 17.7 Å². The van der Waals surface area contributed by atoms with Crippen LogP contribution in [0.5, 0.6) is 0 Å². The SMILES string of the molecule is C[C@@](N)(CCCCCCCc1ccc2c(n1)NCCC2)C(=O)O. The van der Waals surface area contributed by atoms with Crippen molar-refractivity contribution in [1.29, 1.82) is 0 Å². The van der Waals surface area contributed by atoms with E-state index in [4.69, 9.17) is 15.8 Å². The van der Waals surface area contributed by atoms with Crippen molar-refractivity contribution in [2.24, 2.45) is 5.73 Å². The number of aryl methyl sites for hydroxylation is 2. The molecule has 0 spiro atoms. The number of nitrogens with two attached hydrogens (primary N) is 1. The number of carboxylic acids is 1. The summed E-state index contributed by atoms with van der Waals surface area (Å²) in [5.74, 6) is 0.161. The Labute approximate surface area is 138 Å². The third kappa shape index (κ3) is 5.50. The largest absolute Gasteiger partial charge is 0.480 e. The van der Waals surface area contributed by atoms with Crippen LogP contribution in [0.1, 0.15) is 63.1 Å². The van der Waals surface area contributed by atoms with Crippen molar-refractivity contribution in [2.45, 2.75) is 70.3 Å². The molecule has 1 aromatic heterocycles. The summed E-state index contributed by atoms with van der Waals surface area (Å²) < 4.78 is 0. The topological polar surface area (TPSA) is 88.2 Å². The number of carbonyl (C=O) groups is 1. The number of nitrogens with zero attached hydrogens (tertiary/aromatic N) is 1. The molecule has 0 unspecified atom stereocenters. The summed E-state index contributed by atoms with van der Waals surface area (Å²) in [7, 11) is 0. The van der Waals surface area contributed by atoms with Crippen molar-refractivity contribution in [1.82, 2.24) is 4.98 Å². The van der Waals surface area contributed by atoms with Crippen LogP contribution in [0.4, 0.5) is 5.82 Å². The van der Waals surface area contributed by atoms with Crippen molar-refractivity contribution in [3.63, 3.8) is 0 Å². The molecule has 5 nitrogen and oxygen atoms in total. The molecular formula is C18H29N3O2. The van der Waals surface area contributed by atoms with Crippen LogP contribution in [-0.4, -0.2) is 28.1 Å². The number of pyridine rings is 1. The average Bonchev–Trinajstić information content (AvgIpc) is 2.53. The lowest BCUT2D eigenvalue weighted by molar-refractivity contribution is -0.142. The van der Waals surface area contributed by atoms with Crippen LogP contribution in [0.25, 0.3) is 0 Å². The summed E-state index contributed by atoms with van der Waals surface area (Å²) >= 11 is 0. The number of hydrogen-bond donors (Lipinski definition) is 3. The highest BCUT2D eigenvalue weighted by molar-refractivity contribution is 5.77. The fraction of sp³-hybridized carbons (Fsp3) is 0.667. The van der Waals surface area contributed by atoms with E-state index in [2.05, 4.69) is 17.4 Å². The Morgan fingerprint density at radius 1 is 1.30 bits per heavy atom. The zero-order chi connectivity index (χ0) is 16.7. The second-order valence-corrected chi connectivity index (χ2v) is 6.83. The Hall–Kier alpha value is -1.62. The molecule has 1 aliphatic heterocycles. The fourth-order valence-corrected chi connectivity index (χ4v) is 2.94. The van der Waals surface area contributed by atoms with Crippen molar-refractivity contribution in [3.8, 4) is 0 Å². The zero-order valence-electron chi connectivity index (χ0n) is 14.1. The normalized spacial score (nSPS) is 16.3. The van der Waals surface area contributed by atoms with Gasteiger partial charge in [-0.25, -0.2) is 4.98 Å². The van der Waals surface area contributed by atoms with Gasteiger partial charge in [0.2, 0.25) is 0 Å². The molecule has 0 bridgehead atoms. The van der Waals surface area contributed by atoms with Crippen molar-refractivity contribution in [3.05, 3.63) is 23.4 Å². The molecular weight excluding hydrogens is 290 g/mol. The maximum atomic E-state index is 10.9. The number of aliphatic carboxylic acids is 1. The van der Waals surface area contributed by atoms with E-state index in [0.717, 1.165) is 57.3 Å². The van der Waals surface area contributed by atoms with E-state index in [9.17, 15) is 4.79 Å². The fourth-order valence-electron chi connectivity index (χ4n) is 2.94. The Morgan fingerprint density at radius 3 is 2.83 bits per heavy atom. The van der Waals surface area contributed by atoms with Crippen LogP contribution in [0.2, 0.25) is 0 Å². The highest BCUT2D eigenvalue weighted by Gasteiger charge is 2.26. The van der Waals surface area contributed by atoms with Gasteiger partial charge in [-0.05, 0) is 50.7 Å². The predicted octanol–water partition coefficient (Wildman–Crippen LogP) is 3.12. The van der Waals surface area contributed by atoms with Crippen molar-refractivity contribution in [2.75, 3.05) is 11.9 Å². The molecule has 0 radical (unpaired) electrons. The van der Waals surface area contributed by atoms with Gasteiger partial charge in [-0.2, -0.15) is 0 Å². The first kappa shape index (κ1) is 17.7. The predicted molar refractivity (Wildman–Crippen MR) is 92.7 cm³/mol. The van der Waals surface area contributed by atoms with Crippen LogP contribution in [0.3, 0.4) is 0 Å². The summed E-state index contributed by atoms with van der Waals surface area (Å²) in [6.45, 7) is 2.62. The molecule has 4 N–H and O–H groups in total. The standard InChI is InChI=1S/C18H29N3O2/c1-18(19,17(22)23)12-6-4-2-3-5-9-15-11-10-14-8-7-13-20-16(14)21-15/h10-11H,2-9,12-13,19H2,1H3,(H,20,21)(H,22,23)/t18-/m1/s1. The number of nitrogens with one attached hydrogen (secondary N) is 1. The third-order valence-corrected chi connectivity index (χ3v) is 4.57. The number of anilines is 1. The van der Waals surface area contributed by atoms with Crippen LogP contribution >= 0.6 is 0 Å². The molecule has 0 saturated carbocycles. The lowest BCUT2D eigenvalue weighted by Gasteiger charge is -2.18. The van der Waals surface area contributed by atoms with E-state index >= 15 is 0 Å².